The maximum Gasteiger partial charge on any atom is 0.323 e. The largest absolute Gasteiger partial charge is 0.484 e. The maximum absolute atomic E-state index is 12.2. The summed E-state index contributed by atoms with van der Waals surface area (Å²) in [6.45, 7) is 1.11. The van der Waals surface area contributed by atoms with Gasteiger partial charge in [-0.3, -0.25) is 5.32 Å². The monoisotopic (exact) mass is 373 g/mol. The molecule has 5 rings (SSSR count). The number of anilines is 1. The van der Waals surface area contributed by atoms with Crippen molar-refractivity contribution in [1.82, 2.24) is 20.1 Å². The Labute approximate surface area is 151 Å². The van der Waals surface area contributed by atoms with Crippen LogP contribution < -0.4 is 10.1 Å². The second-order valence-corrected chi connectivity index (χ2v) is 8.15. The van der Waals surface area contributed by atoms with E-state index in [1.54, 1.807) is 16.2 Å². The third-order valence-electron chi connectivity index (χ3n) is 4.33. The van der Waals surface area contributed by atoms with E-state index in [1.807, 2.05) is 23.7 Å². The van der Waals surface area contributed by atoms with E-state index in [2.05, 4.69) is 20.5 Å². The molecule has 2 aliphatic rings. The highest BCUT2D eigenvalue weighted by atomic mass is 32.1. The predicted octanol–water partition coefficient (Wildman–Crippen LogP) is 3.32. The minimum atomic E-state index is -0.148. The quantitative estimate of drug-likeness (QED) is 0.759. The number of nitrogens with zero attached hydrogens (tertiary/aromatic N) is 4. The van der Waals surface area contributed by atoms with Gasteiger partial charge in [-0.25, -0.2) is 9.78 Å². The van der Waals surface area contributed by atoms with Gasteiger partial charge in [-0.1, -0.05) is 17.4 Å². The molecule has 0 bridgehead atoms. The van der Waals surface area contributed by atoms with Crippen molar-refractivity contribution in [3.8, 4) is 5.75 Å². The van der Waals surface area contributed by atoms with Crippen molar-refractivity contribution >= 4 is 44.1 Å². The molecule has 128 valence electrons. The topological polar surface area (TPSA) is 80.2 Å². The number of benzene rings is 1. The summed E-state index contributed by atoms with van der Waals surface area (Å²) in [5.41, 5.74) is 2.70. The minimum absolute atomic E-state index is 0.00510. The molecule has 1 saturated heterocycles. The first-order valence-corrected chi connectivity index (χ1v) is 9.84. The van der Waals surface area contributed by atoms with Gasteiger partial charge in [0.05, 0.1) is 23.3 Å². The number of hydrogen-bond donors (Lipinski definition) is 1. The van der Waals surface area contributed by atoms with E-state index in [0.29, 0.717) is 24.1 Å². The van der Waals surface area contributed by atoms with Gasteiger partial charge in [-0.15, -0.1) is 21.5 Å². The number of urea groups is 1. The van der Waals surface area contributed by atoms with Crippen LogP contribution in [0.25, 0.3) is 10.2 Å². The highest BCUT2D eigenvalue weighted by Crippen LogP contribution is 2.42. The Bertz CT molecular complexity index is 929. The van der Waals surface area contributed by atoms with Crippen LogP contribution in [-0.4, -0.2) is 45.3 Å². The zero-order valence-electron chi connectivity index (χ0n) is 13.2. The summed E-state index contributed by atoms with van der Waals surface area (Å²) in [6, 6.07) is 5.76. The third-order valence-corrected chi connectivity index (χ3v) is 6.13. The number of ether oxygens (including phenoxy) is 1. The highest BCUT2D eigenvalue weighted by Gasteiger charge is 2.34. The van der Waals surface area contributed by atoms with Gasteiger partial charge in [-0.05, 0) is 25.0 Å². The van der Waals surface area contributed by atoms with Crippen LogP contribution in [0.2, 0.25) is 0 Å². The van der Waals surface area contributed by atoms with Gasteiger partial charge in [0.1, 0.15) is 22.4 Å². The number of carbonyl (C=O) groups excluding carboxylic acids is 1. The van der Waals surface area contributed by atoms with Crippen LogP contribution in [0.4, 0.5) is 9.93 Å². The molecule has 0 spiro atoms. The molecule has 0 atom stereocenters. The zero-order valence-corrected chi connectivity index (χ0v) is 14.8. The van der Waals surface area contributed by atoms with Gasteiger partial charge >= 0.3 is 6.03 Å². The average molecular weight is 373 g/mol. The Hall–Kier alpha value is -2.26. The van der Waals surface area contributed by atoms with Crippen LogP contribution in [0.15, 0.2) is 23.7 Å². The Morgan fingerprint density at radius 3 is 3.00 bits per heavy atom. The standard InChI is InChI=1S/C16H15N5O2S2/c22-16(18-15-20-19-14(25-15)9-4-5-9)21-6-10(7-21)23-11-2-1-3-12-13(11)17-8-24-12/h1-3,8-10H,4-7H2,(H,18,20,22). The lowest BCUT2D eigenvalue weighted by atomic mass is 10.2. The molecule has 3 aromatic rings. The second kappa shape index (κ2) is 5.92. The molecule has 1 aliphatic carbocycles. The van der Waals surface area contributed by atoms with Gasteiger partial charge in [0, 0.05) is 5.92 Å². The minimum Gasteiger partial charge on any atom is -0.484 e. The average Bonchev–Trinajstić information content (AvgIpc) is 3.12. The van der Waals surface area contributed by atoms with Crippen molar-refractivity contribution in [2.45, 2.75) is 24.9 Å². The molecule has 2 aromatic heterocycles. The molecule has 1 aromatic carbocycles. The molecule has 2 amide bonds. The highest BCUT2D eigenvalue weighted by molar-refractivity contribution is 7.16. The van der Waals surface area contributed by atoms with Crippen LogP contribution in [0, 0.1) is 0 Å². The molecule has 7 nitrogen and oxygen atoms in total. The molecule has 25 heavy (non-hydrogen) atoms. The number of fused-ring (bicyclic) bond motifs is 1. The van der Waals surface area contributed by atoms with E-state index in [0.717, 1.165) is 21.0 Å². The number of hydrogen-bond acceptors (Lipinski definition) is 7. The van der Waals surface area contributed by atoms with Crippen LogP contribution >= 0.6 is 22.7 Å². The van der Waals surface area contributed by atoms with Crippen molar-refractivity contribution in [3.63, 3.8) is 0 Å². The van der Waals surface area contributed by atoms with Gasteiger partial charge in [0.2, 0.25) is 5.13 Å². The van der Waals surface area contributed by atoms with Crippen molar-refractivity contribution in [3.05, 3.63) is 28.7 Å². The fourth-order valence-corrected chi connectivity index (χ4v) is 4.36. The van der Waals surface area contributed by atoms with E-state index in [1.165, 1.54) is 24.2 Å². The molecule has 1 saturated carbocycles. The Morgan fingerprint density at radius 1 is 1.28 bits per heavy atom. The van der Waals surface area contributed by atoms with Crippen molar-refractivity contribution in [2.24, 2.45) is 0 Å². The fourth-order valence-electron chi connectivity index (χ4n) is 2.76. The summed E-state index contributed by atoms with van der Waals surface area (Å²) in [4.78, 5) is 18.3. The molecule has 1 aliphatic heterocycles. The fraction of sp³-hybridized carbons (Fsp3) is 0.375. The van der Waals surface area contributed by atoms with Crippen LogP contribution in [0.5, 0.6) is 5.75 Å². The lowest BCUT2D eigenvalue weighted by Gasteiger charge is -2.38. The normalized spacial score (nSPS) is 17.5. The van der Waals surface area contributed by atoms with Crippen LogP contribution in [0.1, 0.15) is 23.8 Å². The smallest absolute Gasteiger partial charge is 0.323 e. The lowest BCUT2D eigenvalue weighted by molar-refractivity contribution is 0.0502. The molecule has 2 fully saturated rings. The van der Waals surface area contributed by atoms with E-state index < -0.39 is 0 Å². The van der Waals surface area contributed by atoms with E-state index in [-0.39, 0.29) is 12.1 Å². The summed E-state index contributed by atoms with van der Waals surface area (Å²) in [5.74, 6) is 1.33. The summed E-state index contributed by atoms with van der Waals surface area (Å²) in [7, 11) is 0. The van der Waals surface area contributed by atoms with E-state index in [9.17, 15) is 4.79 Å². The molecule has 0 radical (unpaired) electrons. The number of nitrogens with one attached hydrogen (secondary N) is 1. The number of rotatable bonds is 4. The Morgan fingerprint density at radius 2 is 2.16 bits per heavy atom. The van der Waals surface area contributed by atoms with Gasteiger partial charge in [-0.2, -0.15) is 0 Å². The van der Waals surface area contributed by atoms with Gasteiger partial charge < -0.3 is 9.64 Å². The predicted molar refractivity (Wildman–Crippen MR) is 96.5 cm³/mol. The summed E-state index contributed by atoms with van der Waals surface area (Å²) < 4.78 is 7.10. The van der Waals surface area contributed by atoms with Gasteiger partial charge in [0.25, 0.3) is 0 Å². The lowest BCUT2D eigenvalue weighted by Crippen LogP contribution is -2.57. The SMILES string of the molecule is O=C(Nc1nnc(C2CC2)s1)N1CC(Oc2cccc3scnc23)C1. The maximum atomic E-state index is 12.2. The number of amides is 2. The molecule has 9 heteroatoms. The van der Waals surface area contributed by atoms with Crippen LogP contribution in [-0.2, 0) is 0 Å². The molecular weight excluding hydrogens is 358 g/mol. The number of thiazole rings is 1. The molecule has 1 N–H and O–H groups in total. The first-order valence-electron chi connectivity index (χ1n) is 8.14. The van der Waals surface area contributed by atoms with Crippen LogP contribution in [0.3, 0.4) is 0 Å². The third kappa shape index (κ3) is 2.93. The Kier molecular flexibility index (Phi) is 3.56. The van der Waals surface area contributed by atoms with Crippen molar-refractivity contribution < 1.29 is 9.53 Å². The summed E-state index contributed by atoms with van der Waals surface area (Å²) in [6.07, 6.45) is 2.35. The second-order valence-electron chi connectivity index (χ2n) is 6.25. The molecule has 0 unspecified atom stereocenters. The number of para-hydroxylation sites is 1. The van der Waals surface area contributed by atoms with E-state index >= 15 is 0 Å². The number of aromatic nitrogens is 3. The first-order chi connectivity index (χ1) is 12.3. The Balaban J connectivity index is 1.17. The number of likely N-dealkylation sites (tertiary alicyclic amines) is 1. The summed E-state index contributed by atoms with van der Waals surface area (Å²) >= 11 is 3.06. The van der Waals surface area contributed by atoms with Crippen molar-refractivity contribution in [1.29, 1.82) is 0 Å². The molecular formula is C16H15N5O2S2. The van der Waals surface area contributed by atoms with E-state index in [4.69, 9.17) is 4.74 Å². The first kappa shape index (κ1) is 15.0. The zero-order chi connectivity index (χ0) is 16.8. The van der Waals surface area contributed by atoms with Crippen molar-refractivity contribution in [2.75, 3.05) is 18.4 Å². The number of carbonyl (C=O) groups is 1. The molecule has 3 heterocycles. The van der Waals surface area contributed by atoms with Gasteiger partial charge in [0.15, 0.2) is 0 Å². The summed E-state index contributed by atoms with van der Waals surface area (Å²) in [5, 5.41) is 12.6.